The molecule has 2 aromatic rings. The molecule has 0 bridgehead atoms. The highest BCUT2D eigenvalue weighted by Crippen LogP contribution is 2.28. The summed E-state index contributed by atoms with van der Waals surface area (Å²) in [5.41, 5.74) is 1.45. The van der Waals surface area contributed by atoms with Gasteiger partial charge in [0, 0.05) is 31.8 Å². The van der Waals surface area contributed by atoms with Crippen LogP contribution in [0.5, 0.6) is 11.5 Å². The Morgan fingerprint density at radius 3 is 2.55 bits per heavy atom. The van der Waals surface area contributed by atoms with Crippen LogP contribution in [0, 0.1) is 11.3 Å². The lowest BCUT2D eigenvalue weighted by molar-refractivity contribution is -0.116. The van der Waals surface area contributed by atoms with Crippen molar-refractivity contribution in [2.75, 3.05) is 26.1 Å². The Bertz CT molecular complexity index is 1010. The maximum atomic E-state index is 12.3. The van der Waals surface area contributed by atoms with Crippen molar-refractivity contribution in [2.24, 2.45) is 0 Å². The van der Waals surface area contributed by atoms with E-state index < -0.39 is 11.7 Å². The van der Waals surface area contributed by atoms with E-state index in [2.05, 4.69) is 5.32 Å². The molecule has 0 unspecified atom stereocenters. The Morgan fingerprint density at radius 1 is 1.12 bits per heavy atom. The molecule has 0 saturated heterocycles. The molecule has 33 heavy (non-hydrogen) atoms. The number of anilines is 1. The first-order chi connectivity index (χ1) is 15.6. The topological polar surface area (TPSA) is 101 Å². The molecular weight excluding hydrogens is 422 g/mol. The number of carbonyl (C=O) groups excluding carboxylic acids is 2. The molecule has 0 aliphatic rings. The number of nitriles is 1. The van der Waals surface area contributed by atoms with Crippen LogP contribution in [0.15, 0.2) is 42.5 Å². The van der Waals surface area contributed by atoms with Gasteiger partial charge in [-0.25, -0.2) is 4.79 Å². The van der Waals surface area contributed by atoms with Gasteiger partial charge >= 0.3 is 6.09 Å². The van der Waals surface area contributed by atoms with Gasteiger partial charge < -0.3 is 24.4 Å². The molecule has 0 heterocycles. The zero-order valence-corrected chi connectivity index (χ0v) is 19.8. The smallest absolute Gasteiger partial charge is 0.410 e. The second kappa shape index (κ2) is 11.8. The molecule has 2 amide bonds. The molecule has 1 N–H and O–H groups in total. The van der Waals surface area contributed by atoms with E-state index >= 15 is 0 Å². The average molecular weight is 454 g/mol. The average Bonchev–Trinajstić information content (AvgIpc) is 2.75. The predicted octanol–water partition coefficient (Wildman–Crippen LogP) is 4.73. The van der Waals surface area contributed by atoms with Gasteiger partial charge in [0.25, 0.3) is 0 Å². The minimum atomic E-state index is -0.559. The van der Waals surface area contributed by atoms with Crippen molar-refractivity contribution < 1.29 is 23.8 Å². The fourth-order valence-corrected chi connectivity index (χ4v) is 2.92. The molecule has 0 spiro atoms. The lowest BCUT2D eigenvalue weighted by Gasteiger charge is -2.24. The second-order valence-corrected chi connectivity index (χ2v) is 8.51. The molecule has 176 valence electrons. The fourth-order valence-electron chi connectivity index (χ4n) is 2.92. The summed E-state index contributed by atoms with van der Waals surface area (Å²) in [5, 5.41) is 11.8. The zero-order chi connectivity index (χ0) is 24.4. The number of ether oxygens (including phenoxy) is 3. The molecule has 2 aromatic carbocycles. The molecular formula is C25H31N3O5. The van der Waals surface area contributed by atoms with E-state index in [-0.39, 0.29) is 12.3 Å². The number of nitrogens with zero attached hydrogens (tertiary/aromatic N) is 2. The molecule has 0 radical (unpaired) electrons. The van der Waals surface area contributed by atoms with Gasteiger partial charge in [-0.05, 0) is 57.0 Å². The maximum absolute atomic E-state index is 12.3. The van der Waals surface area contributed by atoms with Crippen LogP contribution in [0.4, 0.5) is 10.5 Å². The van der Waals surface area contributed by atoms with Gasteiger partial charge in [-0.2, -0.15) is 5.26 Å². The third-order valence-electron chi connectivity index (χ3n) is 4.43. The Hall–Kier alpha value is -3.73. The van der Waals surface area contributed by atoms with Crippen LogP contribution in [0.1, 0.15) is 44.7 Å². The lowest BCUT2D eigenvalue weighted by atomic mass is 10.2. The van der Waals surface area contributed by atoms with Crippen molar-refractivity contribution >= 4 is 17.7 Å². The van der Waals surface area contributed by atoms with Crippen LogP contribution in [-0.2, 0) is 16.1 Å². The van der Waals surface area contributed by atoms with Gasteiger partial charge in [0.1, 0.15) is 5.60 Å². The normalized spacial score (nSPS) is 10.7. The molecule has 2 rings (SSSR count). The summed E-state index contributed by atoms with van der Waals surface area (Å²) in [6.07, 6.45) is 0.382. The molecule has 8 heteroatoms. The van der Waals surface area contributed by atoms with Gasteiger partial charge in [-0.3, -0.25) is 4.79 Å². The largest absolute Gasteiger partial charge is 0.493 e. The van der Waals surface area contributed by atoms with Crippen LogP contribution in [0.3, 0.4) is 0 Å². The Labute approximate surface area is 195 Å². The van der Waals surface area contributed by atoms with Gasteiger partial charge in [0.15, 0.2) is 11.5 Å². The molecule has 0 aliphatic heterocycles. The van der Waals surface area contributed by atoms with Gasteiger partial charge in [0.2, 0.25) is 5.91 Å². The van der Waals surface area contributed by atoms with Gasteiger partial charge in [0.05, 0.1) is 25.3 Å². The highest BCUT2D eigenvalue weighted by Gasteiger charge is 2.19. The lowest BCUT2D eigenvalue weighted by Crippen LogP contribution is -2.33. The summed E-state index contributed by atoms with van der Waals surface area (Å²) in [5.74, 6) is 0.869. The van der Waals surface area contributed by atoms with E-state index in [0.717, 1.165) is 5.56 Å². The first-order valence-electron chi connectivity index (χ1n) is 10.6. The number of benzene rings is 2. The van der Waals surface area contributed by atoms with Crippen molar-refractivity contribution in [1.82, 2.24) is 4.90 Å². The van der Waals surface area contributed by atoms with E-state index in [1.54, 1.807) is 31.3 Å². The number of amides is 2. The molecule has 0 aromatic heterocycles. The first-order valence-corrected chi connectivity index (χ1v) is 10.6. The van der Waals surface area contributed by atoms with Crippen molar-refractivity contribution in [1.29, 1.82) is 5.26 Å². The standard InChI is InChI=1S/C25H31N3O5/c1-25(2,3)33-24(30)28(4)17-19-8-6-9-20(14-19)27-23(29)10-7-13-32-21-12-11-18(16-26)15-22(21)31-5/h6,8-9,11-12,14-15H,7,10,13,17H2,1-5H3,(H,27,29). The number of carbonyl (C=O) groups is 2. The van der Waals surface area contributed by atoms with Crippen LogP contribution in [-0.4, -0.2) is 43.3 Å². The summed E-state index contributed by atoms with van der Waals surface area (Å²) in [6, 6.07) is 14.3. The molecule has 0 atom stereocenters. The van der Waals surface area contributed by atoms with E-state index in [1.165, 1.54) is 12.0 Å². The third-order valence-corrected chi connectivity index (χ3v) is 4.43. The van der Waals surface area contributed by atoms with Gasteiger partial charge in [-0.1, -0.05) is 12.1 Å². The molecule has 8 nitrogen and oxygen atoms in total. The number of rotatable bonds is 9. The van der Waals surface area contributed by atoms with E-state index in [0.29, 0.717) is 42.3 Å². The maximum Gasteiger partial charge on any atom is 0.410 e. The quantitative estimate of drug-likeness (QED) is 0.551. The Kier molecular flexibility index (Phi) is 9.10. The van der Waals surface area contributed by atoms with E-state index in [9.17, 15) is 9.59 Å². The van der Waals surface area contributed by atoms with Crippen LogP contribution in [0.2, 0.25) is 0 Å². The first kappa shape index (κ1) is 25.5. The van der Waals surface area contributed by atoms with Crippen LogP contribution < -0.4 is 14.8 Å². The van der Waals surface area contributed by atoms with Crippen molar-refractivity contribution in [2.45, 2.75) is 45.8 Å². The summed E-state index contributed by atoms with van der Waals surface area (Å²) >= 11 is 0. The minimum absolute atomic E-state index is 0.136. The van der Waals surface area contributed by atoms with Crippen LogP contribution >= 0.6 is 0 Å². The number of methoxy groups -OCH3 is 1. The van der Waals surface area contributed by atoms with E-state index in [1.807, 2.05) is 45.0 Å². The van der Waals surface area contributed by atoms with E-state index in [4.69, 9.17) is 19.5 Å². The second-order valence-electron chi connectivity index (χ2n) is 8.51. The summed E-state index contributed by atoms with van der Waals surface area (Å²) in [6.45, 7) is 6.15. The Morgan fingerprint density at radius 2 is 1.88 bits per heavy atom. The molecule has 0 aliphatic carbocycles. The SMILES string of the molecule is COc1cc(C#N)ccc1OCCCC(=O)Nc1cccc(CN(C)C(=O)OC(C)(C)C)c1. The van der Waals surface area contributed by atoms with Crippen molar-refractivity contribution in [3.63, 3.8) is 0 Å². The number of nitrogens with one attached hydrogen (secondary N) is 1. The van der Waals surface area contributed by atoms with Crippen molar-refractivity contribution in [3.05, 3.63) is 53.6 Å². The van der Waals surface area contributed by atoms with Crippen LogP contribution in [0.25, 0.3) is 0 Å². The monoisotopic (exact) mass is 453 g/mol. The fraction of sp³-hybridized carbons (Fsp3) is 0.400. The third kappa shape index (κ3) is 8.73. The Balaban J connectivity index is 1.81. The summed E-state index contributed by atoms with van der Waals surface area (Å²) in [7, 11) is 3.18. The minimum Gasteiger partial charge on any atom is -0.493 e. The molecule has 0 fully saturated rings. The molecule has 0 saturated carbocycles. The zero-order valence-electron chi connectivity index (χ0n) is 19.8. The predicted molar refractivity (Wildman–Crippen MR) is 125 cm³/mol. The van der Waals surface area contributed by atoms with Gasteiger partial charge in [-0.15, -0.1) is 0 Å². The summed E-state index contributed by atoms with van der Waals surface area (Å²) in [4.78, 5) is 26.0. The number of hydrogen-bond donors (Lipinski definition) is 1. The highest BCUT2D eigenvalue weighted by molar-refractivity contribution is 5.90. The van der Waals surface area contributed by atoms with Crippen molar-refractivity contribution in [3.8, 4) is 17.6 Å². The highest BCUT2D eigenvalue weighted by atomic mass is 16.6. The number of hydrogen-bond acceptors (Lipinski definition) is 6. The summed E-state index contributed by atoms with van der Waals surface area (Å²) < 4.78 is 16.3.